The fourth-order valence-electron chi connectivity index (χ4n) is 3.08. The molecule has 1 fully saturated rings. The van der Waals surface area contributed by atoms with Gasteiger partial charge in [0.1, 0.15) is 0 Å². The number of carbonyl (C=O) groups excluding carboxylic acids is 2. The fraction of sp³-hybridized carbons (Fsp3) is 0.333. The molecule has 1 heterocycles. The smallest absolute Gasteiger partial charge is 0.321 e. The lowest BCUT2D eigenvalue weighted by Crippen LogP contribution is -2.32. The first-order chi connectivity index (χ1) is 13.8. The van der Waals surface area contributed by atoms with Crippen molar-refractivity contribution >= 4 is 33.2 Å². The van der Waals surface area contributed by atoms with Crippen LogP contribution in [0.2, 0.25) is 0 Å². The maximum atomic E-state index is 12.6. The van der Waals surface area contributed by atoms with E-state index in [0.29, 0.717) is 16.9 Å². The second-order valence-corrected chi connectivity index (χ2v) is 9.75. The number of nitrogens with zero attached hydrogens (tertiary/aromatic N) is 1. The Morgan fingerprint density at radius 3 is 2.00 bits per heavy atom. The van der Waals surface area contributed by atoms with Gasteiger partial charge in [0.05, 0.1) is 21.5 Å². The third-order valence-electron chi connectivity index (χ3n) is 4.88. The maximum absolute atomic E-state index is 12.6. The van der Waals surface area contributed by atoms with E-state index < -0.39 is 15.1 Å². The molecule has 3 amide bonds. The van der Waals surface area contributed by atoms with Crippen LogP contribution in [-0.2, 0) is 9.84 Å². The van der Waals surface area contributed by atoms with Gasteiger partial charge in [-0.2, -0.15) is 0 Å². The van der Waals surface area contributed by atoms with Gasteiger partial charge in [0, 0.05) is 18.7 Å². The van der Waals surface area contributed by atoms with Gasteiger partial charge in [-0.15, -0.1) is 0 Å². The average molecular weight is 416 g/mol. The van der Waals surface area contributed by atoms with Gasteiger partial charge in [0.15, 0.2) is 9.84 Å². The second kappa shape index (κ2) is 8.65. The molecule has 7 nitrogen and oxygen atoms in total. The standard InChI is InChI=1S/C21H25N3O4S/c1-15(2)29(27,28)17-11-9-16(10-12-17)20(25)22-18-7-3-4-8-19(18)23-21(26)24-13-5-6-14-24/h3-4,7-12,15H,5-6,13-14H2,1-2H3,(H,22,25)(H,23,26). The van der Waals surface area contributed by atoms with Crippen molar-refractivity contribution in [2.24, 2.45) is 0 Å². The van der Waals surface area contributed by atoms with Gasteiger partial charge < -0.3 is 15.5 Å². The number of amides is 3. The Bertz CT molecular complexity index is 995. The van der Waals surface area contributed by atoms with E-state index in [1.165, 1.54) is 24.3 Å². The molecule has 154 valence electrons. The highest BCUT2D eigenvalue weighted by Gasteiger charge is 2.21. The van der Waals surface area contributed by atoms with E-state index in [0.717, 1.165) is 25.9 Å². The lowest BCUT2D eigenvalue weighted by atomic mass is 10.2. The molecule has 0 atom stereocenters. The third-order valence-corrected chi connectivity index (χ3v) is 7.05. The van der Waals surface area contributed by atoms with Crippen molar-refractivity contribution in [1.29, 1.82) is 0 Å². The highest BCUT2D eigenvalue weighted by atomic mass is 32.2. The van der Waals surface area contributed by atoms with E-state index in [2.05, 4.69) is 10.6 Å². The summed E-state index contributed by atoms with van der Waals surface area (Å²) in [6, 6.07) is 12.6. The number of anilines is 2. The normalized spacial score (nSPS) is 14.1. The van der Waals surface area contributed by atoms with Crippen LogP contribution in [0.15, 0.2) is 53.4 Å². The van der Waals surface area contributed by atoms with E-state index in [9.17, 15) is 18.0 Å². The summed E-state index contributed by atoms with van der Waals surface area (Å²) in [5.74, 6) is -0.388. The minimum Gasteiger partial charge on any atom is -0.325 e. The largest absolute Gasteiger partial charge is 0.325 e. The van der Waals surface area contributed by atoms with Crippen LogP contribution in [0.5, 0.6) is 0 Å². The molecule has 2 N–H and O–H groups in total. The van der Waals surface area contributed by atoms with Crippen molar-refractivity contribution in [3.63, 3.8) is 0 Å². The van der Waals surface area contributed by atoms with Crippen LogP contribution in [-0.4, -0.2) is 43.6 Å². The molecule has 0 saturated carbocycles. The highest BCUT2D eigenvalue weighted by Crippen LogP contribution is 2.23. The molecule has 29 heavy (non-hydrogen) atoms. The van der Waals surface area contributed by atoms with Crippen molar-refractivity contribution in [3.05, 3.63) is 54.1 Å². The number of para-hydroxylation sites is 2. The Morgan fingerprint density at radius 2 is 1.45 bits per heavy atom. The van der Waals surface area contributed by atoms with Crippen LogP contribution in [0.4, 0.5) is 16.2 Å². The lowest BCUT2D eigenvalue weighted by molar-refractivity contribution is 0.102. The summed E-state index contributed by atoms with van der Waals surface area (Å²) in [4.78, 5) is 26.9. The first kappa shape index (κ1) is 20.9. The molecule has 2 aromatic carbocycles. The van der Waals surface area contributed by atoms with Crippen molar-refractivity contribution in [2.75, 3.05) is 23.7 Å². The van der Waals surface area contributed by atoms with Gasteiger partial charge in [-0.25, -0.2) is 13.2 Å². The van der Waals surface area contributed by atoms with E-state index in [-0.39, 0.29) is 16.8 Å². The van der Waals surface area contributed by atoms with Crippen molar-refractivity contribution in [2.45, 2.75) is 36.8 Å². The molecule has 0 bridgehead atoms. The molecular weight excluding hydrogens is 390 g/mol. The number of nitrogens with one attached hydrogen (secondary N) is 2. The minimum atomic E-state index is -3.39. The molecule has 1 saturated heterocycles. The van der Waals surface area contributed by atoms with Gasteiger partial charge in [-0.3, -0.25) is 4.79 Å². The molecule has 8 heteroatoms. The Hall–Kier alpha value is -2.87. The molecule has 1 aliphatic heterocycles. The molecule has 1 aliphatic rings. The van der Waals surface area contributed by atoms with E-state index in [4.69, 9.17) is 0 Å². The molecule has 0 radical (unpaired) electrons. The number of likely N-dealkylation sites (tertiary alicyclic amines) is 1. The summed E-state index contributed by atoms with van der Waals surface area (Å²) in [6.07, 6.45) is 1.99. The summed E-state index contributed by atoms with van der Waals surface area (Å²) in [7, 11) is -3.39. The Balaban J connectivity index is 1.73. The summed E-state index contributed by atoms with van der Waals surface area (Å²) in [5.41, 5.74) is 1.31. The molecular formula is C21H25N3O4S. The summed E-state index contributed by atoms with van der Waals surface area (Å²) in [5, 5.41) is 5.09. The molecule has 3 rings (SSSR count). The van der Waals surface area contributed by atoms with Gasteiger partial charge >= 0.3 is 6.03 Å². The number of benzene rings is 2. The second-order valence-electron chi connectivity index (χ2n) is 7.24. The van der Waals surface area contributed by atoms with Gasteiger partial charge in [-0.05, 0) is 63.1 Å². The summed E-state index contributed by atoms with van der Waals surface area (Å²) < 4.78 is 24.4. The average Bonchev–Trinajstić information content (AvgIpc) is 3.24. The van der Waals surface area contributed by atoms with Crippen LogP contribution in [0.1, 0.15) is 37.0 Å². The van der Waals surface area contributed by atoms with Crippen LogP contribution in [0.25, 0.3) is 0 Å². The topological polar surface area (TPSA) is 95.6 Å². The number of carbonyl (C=O) groups is 2. The first-order valence-corrected chi connectivity index (χ1v) is 11.1. The predicted molar refractivity (Wildman–Crippen MR) is 113 cm³/mol. The number of hydrogen-bond acceptors (Lipinski definition) is 4. The van der Waals surface area contributed by atoms with Gasteiger partial charge in [0.25, 0.3) is 5.91 Å². The number of urea groups is 1. The molecule has 0 aliphatic carbocycles. The van der Waals surface area contributed by atoms with Crippen molar-refractivity contribution in [1.82, 2.24) is 4.90 Å². The third kappa shape index (κ3) is 4.76. The zero-order valence-electron chi connectivity index (χ0n) is 16.5. The first-order valence-electron chi connectivity index (χ1n) is 9.59. The molecule has 0 unspecified atom stereocenters. The van der Waals surface area contributed by atoms with Crippen molar-refractivity contribution < 1.29 is 18.0 Å². The number of rotatable bonds is 5. The van der Waals surface area contributed by atoms with Crippen molar-refractivity contribution in [3.8, 4) is 0 Å². The Labute approximate surface area is 171 Å². The van der Waals surface area contributed by atoms with Crippen LogP contribution in [0.3, 0.4) is 0 Å². The fourth-order valence-corrected chi connectivity index (χ4v) is 4.14. The van der Waals surface area contributed by atoms with Crippen LogP contribution in [0, 0.1) is 0 Å². The van der Waals surface area contributed by atoms with E-state index in [1.807, 2.05) is 0 Å². The SMILES string of the molecule is CC(C)S(=O)(=O)c1ccc(C(=O)Nc2ccccc2NC(=O)N2CCCC2)cc1. The lowest BCUT2D eigenvalue weighted by Gasteiger charge is -2.18. The quantitative estimate of drug-likeness (QED) is 0.777. The highest BCUT2D eigenvalue weighted by molar-refractivity contribution is 7.92. The summed E-state index contributed by atoms with van der Waals surface area (Å²) in [6.45, 7) is 4.69. The number of sulfone groups is 1. The zero-order valence-corrected chi connectivity index (χ0v) is 17.3. The molecule has 0 spiro atoms. The predicted octanol–water partition coefficient (Wildman–Crippen LogP) is 3.75. The van der Waals surface area contributed by atoms with Gasteiger partial charge in [-0.1, -0.05) is 12.1 Å². The van der Waals surface area contributed by atoms with Crippen LogP contribution >= 0.6 is 0 Å². The Morgan fingerprint density at radius 1 is 0.897 bits per heavy atom. The zero-order chi connectivity index (χ0) is 21.0. The number of hydrogen-bond donors (Lipinski definition) is 2. The van der Waals surface area contributed by atoms with E-state index in [1.54, 1.807) is 43.0 Å². The van der Waals surface area contributed by atoms with Gasteiger partial charge in [0.2, 0.25) is 0 Å². The van der Waals surface area contributed by atoms with E-state index >= 15 is 0 Å². The summed E-state index contributed by atoms with van der Waals surface area (Å²) >= 11 is 0. The molecule has 2 aromatic rings. The molecule has 0 aromatic heterocycles. The monoisotopic (exact) mass is 415 g/mol. The minimum absolute atomic E-state index is 0.183. The van der Waals surface area contributed by atoms with Crippen LogP contribution < -0.4 is 10.6 Å². The maximum Gasteiger partial charge on any atom is 0.321 e. The Kier molecular flexibility index (Phi) is 6.22.